The Morgan fingerprint density at radius 1 is 1.41 bits per heavy atom. The van der Waals surface area contributed by atoms with Gasteiger partial charge in [0.1, 0.15) is 0 Å². The van der Waals surface area contributed by atoms with Crippen molar-refractivity contribution in [3.05, 3.63) is 42.0 Å². The van der Waals surface area contributed by atoms with Crippen molar-refractivity contribution in [3.8, 4) is 0 Å². The average Bonchev–Trinajstić information content (AvgIpc) is 3.30. The van der Waals surface area contributed by atoms with Crippen LogP contribution in [-0.4, -0.2) is 49.5 Å². The smallest absolute Gasteiger partial charge is 0.239 e. The van der Waals surface area contributed by atoms with Gasteiger partial charge in [-0.2, -0.15) is 5.10 Å². The van der Waals surface area contributed by atoms with Crippen molar-refractivity contribution in [1.29, 1.82) is 0 Å². The van der Waals surface area contributed by atoms with E-state index in [9.17, 15) is 4.79 Å². The number of aromatic nitrogens is 4. The van der Waals surface area contributed by atoms with Gasteiger partial charge in [0.25, 0.3) is 0 Å². The largest absolute Gasteiger partial charge is 0.341 e. The van der Waals surface area contributed by atoms with Crippen LogP contribution in [0.4, 0.5) is 11.6 Å². The molecule has 1 saturated heterocycles. The Morgan fingerprint density at radius 3 is 2.85 bits per heavy atom. The second kappa shape index (κ2) is 7.03. The van der Waals surface area contributed by atoms with Gasteiger partial charge in [0, 0.05) is 43.2 Å². The third kappa shape index (κ3) is 3.52. The van der Waals surface area contributed by atoms with Crippen LogP contribution in [0.15, 0.2) is 30.6 Å². The highest BCUT2D eigenvalue weighted by Gasteiger charge is 2.26. The fourth-order valence-electron chi connectivity index (χ4n) is 3.64. The second-order valence-corrected chi connectivity index (χ2v) is 7.26. The molecule has 8 heteroatoms. The summed E-state index contributed by atoms with van der Waals surface area (Å²) < 4.78 is 2.09. The van der Waals surface area contributed by atoms with E-state index >= 15 is 0 Å². The number of anilines is 2. The molecule has 1 atom stereocenters. The molecule has 3 aromatic rings. The summed E-state index contributed by atoms with van der Waals surface area (Å²) in [6.07, 6.45) is 5.89. The molecule has 27 heavy (non-hydrogen) atoms. The van der Waals surface area contributed by atoms with E-state index in [1.807, 2.05) is 36.2 Å². The lowest BCUT2D eigenvalue weighted by molar-refractivity contribution is -0.133. The first-order valence-electron chi connectivity index (χ1n) is 9.32. The fraction of sp³-hybridized carbons (Fsp3) is 0.421. The SMILES string of the molecule is Cc1cc(Nc2nc(C3CCN(C(=O)[C@H](C)N)CC3)cn3cccc23)n[nH]1. The molecule has 0 saturated carbocycles. The van der Waals surface area contributed by atoms with Gasteiger partial charge in [-0.05, 0) is 38.8 Å². The number of aromatic amines is 1. The lowest BCUT2D eigenvalue weighted by atomic mass is 9.93. The van der Waals surface area contributed by atoms with Crippen LogP contribution in [0, 0.1) is 6.92 Å². The summed E-state index contributed by atoms with van der Waals surface area (Å²) >= 11 is 0. The van der Waals surface area contributed by atoms with Crippen molar-refractivity contribution in [1.82, 2.24) is 24.5 Å². The first-order valence-corrected chi connectivity index (χ1v) is 9.32. The Hall–Kier alpha value is -2.87. The first kappa shape index (κ1) is 17.5. The molecule has 0 spiro atoms. The number of nitrogens with two attached hydrogens (primary N) is 1. The molecule has 0 radical (unpaired) electrons. The van der Waals surface area contributed by atoms with Crippen molar-refractivity contribution in [2.45, 2.75) is 38.6 Å². The molecule has 4 rings (SSSR count). The zero-order chi connectivity index (χ0) is 19.0. The van der Waals surface area contributed by atoms with Crippen LogP contribution < -0.4 is 11.1 Å². The number of aryl methyl sites for hydroxylation is 1. The van der Waals surface area contributed by atoms with Gasteiger partial charge in [-0.3, -0.25) is 9.89 Å². The van der Waals surface area contributed by atoms with Crippen LogP contribution in [0.1, 0.15) is 37.1 Å². The Labute approximate surface area is 157 Å². The fourth-order valence-corrected chi connectivity index (χ4v) is 3.64. The van der Waals surface area contributed by atoms with E-state index in [0.29, 0.717) is 5.92 Å². The number of likely N-dealkylation sites (tertiary alicyclic amines) is 1. The summed E-state index contributed by atoms with van der Waals surface area (Å²) in [5, 5.41) is 10.5. The summed E-state index contributed by atoms with van der Waals surface area (Å²) in [5.41, 5.74) is 8.76. The molecule has 1 amide bonds. The van der Waals surface area contributed by atoms with Crippen molar-refractivity contribution in [2.24, 2.45) is 5.73 Å². The third-order valence-corrected chi connectivity index (χ3v) is 5.10. The molecule has 1 fully saturated rings. The van der Waals surface area contributed by atoms with Crippen LogP contribution in [0.3, 0.4) is 0 Å². The normalized spacial score (nSPS) is 16.6. The lowest BCUT2D eigenvalue weighted by Crippen LogP contribution is -2.45. The standard InChI is InChI=1S/C19H25N7O/c1-12-10-17(24-23-12)22-18-16-4-3-7-26(16)11-15(21-18)14-5-8-25(9-6-14)19(27)13(2)20/h3-4,7,10-11,13-14H,5-6,8-9,20H2,1-2H3,(H2,21,22,23,24)/t13-/m0/s1. The minimum atomic E-state index is -0.441. The molecule has 0 bridgehead atoms. The minimum absolute atomic E-state index is 0.0264. The Balaban J connectivity index is 1.57. The topological polar surface area (TPSA) is 104 Å². The molecule has 0 aliphatic carbocycles. The van der Waals surface area contributed by atoms with E-state index in [1.54, 1.807) is 6.92 Å². The van der Waals surface area contributed by atoms with Crippen molar-refractivity contribution < 1.29 is 4.79 Å². The number of hydrogen-bond donors (Lipinski definition) is 3. The molecule has 0 unspecified atom stereocenters. The van der Waals surface area contributed by atoms with Crippen LogP contribution in [0.5, 0.6) is 0 Å². The number of nitrogens with one attached hydrogen (secondary N) is 2. The van der Waals surface area contributed by atoms with Crippen molar-refractivity contribution >= 4 is 23.1 Å². The van der Waals surface area contributed by atoms with E-state index in [1.165, 1.54) is 0 Å². The third-order valence-electron chi connectivity index (χ3n) is 5.10. The Morgan fingerprint density at radius 2 is 2.19 bits per heavy atom. The Bertz CT molecular complexity index is 950. The molecule has 4 heterocycles. The number of hydrogen-bond acceptors (Lipinski definition) is 5. The molecule has 8 nitrogen and oxygen atoms in total. The molecule has 4 N–H and O–H groups in total. The van der Waals surface area contributed by atoms with E-state index in [0.717, 1.165) is 54.5 Å². The van der Waals surface area contributed by atoms with Gasteiger partial charge in [-0.1, -0.05) is 0 Å². The van der Waals surface area contributed by atoms with Gasteiger partial charge >= 0.3 is 0 Å². The van der Waals surface area contributed by atoms with E-state index < -0.39 is 6.04 Å². The number of H-pyrrole nitrogens is 1. The summed E-state index contributed by atoms with van der Waals surface area (Å²) in [4.78, 5) is 18.9. The average molecular weight is 367 g/mol. The molecular formula is C19H25N7O. The number of carbonyl (C=O) groups excluding carboxylic acids is 1. The predicted molar refractivity (Wildman–Crippen MR) is 104 cm³/mol. The van der Waals surface area contributed by atoms with Gasteiger partial charge in [0.2, 0.25) is 5.91 Å². The number of rotatable bonds is 4. The van der Waals surface area contributed by atoms with Gasteiger partial charge in [0.05, 0.1) is 17.3 Å². The van der Waals surface area contributed by atoms with Crippen LogP contribution in [0.2, 0.25) is 0 Å². The summed E-state index contributed by atoms with van der Waals surface area (Å²) in [6, 6.07) is 5.55. The number of carbonyl (C=O) groups is 1. The molecule has 1 aliphatic rings. The number of nitrogens with zero attached hydrogens (tertiary/aromatic N) is 4. The van der Waals surface area contributed by atoms with E-state index in [4.69, 9.17) is 10.7 Å². The molecule has 1 aliphatic heterocycles. The predicted octanol–water partition coefficient (Wildman–Crippen LogP) is 2.16. The van der Waals surface area contributed by atoms with Crippen LogP contribution >= 0.6 is 0 Å². The molecule has 3 aromatic heterocycles. The second-order valence-electron chi connectivity index (χ2n) is 7.26. The number of fused-ring (bicyclic) bond motifs is 1. The minimum Gasteiger partial charge on any atom is -0.341 e. The summed E-state index contributed by atoms with van der Waals surface area (Å²) in [5.74, 6) is 1.88. The number of amides is 1. The first-order chi connectivity index (χ1) is 13.0. The summed E-state index contributed by atoms with van der Waals surface area (Å²) in [6.45, 7) is 5.15. The monoisotopic (exact) mass is 367 g/mol. The van der Waals surface area contributed by atoms with Gasteiger partial charge in [-0.25, -0.2) is 4.98 Å². The van der Waals surface area contributed by atoms with Gasteiger partial charge < -0.3 is 20.4 Å². The zero-order valence-corrected chi connectivity index (χ0v) is 15.6. The van der Waals surface area contributed by atoms with Crippen LogP contribution in [-0.2, 0) is 4.79 Å². The summed E-state index contributed by atoms with van der Waals surface area (Å²) in [7, 11) is 0. The quantitative estimate of drug-likeness (QED) is 0.655. The lowest BCUT2D eigenvalue weighted by Gasteiger charge is -2.32. The van der Waals surface area contributed by atoms with Crippen molar-refractivity contribution in [3.63, 3.8) is 0 Å². The molecule has 142 valence electrons. The zero-order valence-electron chi connectivity index (χ0n) is 15.6. The highest BCUT2D eigenvalue weighted by atomic mass is 16.2. The highest BCUT2D eigenvalue weighted by molar-refractivity contribution is 5.81. The maximum absolute atomic E-state index is 12.1. The van der Waals surface area contributed by atoms with E-state index in [2.05, 4.69) is 26.1 Å². The number of piperidine rings is 1. The van der Waals surface area contributed by atoms with Crippen LogP contribution in [0.25, 0.3) is 5.52 Å². The van der Waals surface area contributed by atoms with E-state index in [-0.39, 0.29) is 5.91 Å². The Kier molecular flexibility index (Phi) is 4.57. The molecule has 0 aromatic carbocycles. The van der Waals surface area contributed by atoms with Gasteiger partial charge in [-0.15, -0.1) is 0 Å². The molecular weight excluding hydrogens is 342 g/mol. The maximum atomic E-state index is 12.1. The highest BCUT2D eigenvalue weighted by Crippen LogP contribution is 2.30. The van der Waals surface area contributed by atoms with Crippen molar-refractivity contribution in [2.75, 3.05) is 18.4 Å². The van der Waals surface area contributed by atoms with Gasteiger partial charge in [0.15, 0.2) is 11.6 Å². The maximum Gasteiger partial charge on any atom is 0.239 e.